The van der Waals surface area contributed by atoms with Gasteiger partial charge in [-0.05, 0) is 70.1 Å². The van der Waals surface area contributed by atoms with E-state index >= 15 is 0 Å². The molecule has 1 saturated heterocycles. The number of aliphatic hydroxyl groups is 1. The molecule has 1 atom stereocenters. The van der Waals surface area contributed by atoms with E-state index in [1.807, 2.05) is 0 Å². The summed E-state index contributed by atoms with van der Waals surface area (Å²) in [5.74, 6) is 0.668. The van der Waals surface area contributed by atoms with Crippen LogP contribution in [-0.2, 0) is 0 Å². The Kier molecular flexibility index (Phi) is 4.19. The fraction of sp³-hybridized carbons (Fsp3) is 0.647. The van der Waals surface area contributed by atoms with Gasteiger partial charge in [-0.15, -0.1) is 0 Å². The number of hydrogen-bond donors (Lipinski definition) is 1. The number of anilines is 1. The highest BCUT2D eigenvalue weighted by Gasteiger charge is 2.35. The number of benzene rings is 1. The highest BCUT2D eigenvalue weighted by atomic mass is 16.3. The van der Waals surface area contributed by atoms with E-state index in [1.165, 1.54) is 29.7 Å². The van der Waals surface area contributed by atoms with E-state index in [-0.39, 0.29) is 5.54 Å². The molecule has 0 spiro atoms. The minimum Gasteiger partial charge on any atom is -0.396 e. The van der Waals surface area contributed by atoms with Crippen molar-refractivity contribution < 1.29 is 5.11 Å². The monoisotopic (exact) mass is 261 g/mol. The maximum Gasteiger partial charge on any atom is 0.0433 e. The Bertz CT molecular complexity index is 439. The molecule has 1 fully saturated rings. The lowest BCUT2D eigenvalue weighted by Crippen LogP contribution is -2.50. The Morgan fingerprint density at radius 2 is 2.05 bits per heavy atom. The van der Waals surface area contributed by atoms with Crippen molar-refractivity contribution in [3.63, 3.8) is 0 Å². The SMILES string of the molecule is Cc1ccc(C)c(N2CCC(CCO)CC2(C)C)c1. The Hall–Kier alpha value is -1.02. The zero-order valence-corrected chi connectivity index (χ0v) is 12.7. The largest absolute Gasteiger partial charge is 0.396 e. The molecule has 1 N–H and O–H groups in total. The Balaban J connectivity index is 2.23. The molecule has 2 nitrogen and oxygen atoms in total. The van der Waals surface area contributed by atoms with Crippen LogP contribution >= 0.6 is 0 Å². The Morgan fingerprint density at radius 3 is 2.68 bits per heavy atom. The van der Waals surface area contributed by atoms with Gasteiger partial charge in [0.25, 0.3) is 0 Å². The van der Waals surface area contributed by atoms with Crippen LogP contribution in [0, 0.1) is 19.8 Å². The van der Waals surface area contributed by atoms with Gasteiger partial charge in [0.15, 0.2) is 0 Å². The first-order valence-corrected chi connectivity index (χ1v) is 7.40. The van der Waals surface area contributed by atoms with Crippen molar-refractivity contribution in [2.45, 2.75) is 52.5 Å². The summed E-state index contributed by atoms with van der Waals surface area (Å²) in [6.07, 6.45) is 3.31. The van der Waals surface area contributed by atoms with Gasteiger partial charge < -0.3 is 10.0 Å². The van der Waals surface area contributed by atoms with Crippen LogP contribution in [0.5, 0.6) is 0 Å². The molecule has 0 aliphatic carbocycles. The van der Waals surface area contributed by atoms with Gasteiger partial charge in [-0.25, -0.2) is 0 Å². The van der Waals surface area contributed by atoms with Crippen LogP contribution in [0.1, 0.15) is 44.2 Å². The maximum atomic E-state index is 9.14. The van der Waals surface area contributed by atoms with Crippen LogP contribution in [0.15, 0.2) is 18.2 Å². The third-order valence-corrected chi connectivity index (χ3v) is 4.47. The normalized spacial score (nSPS) is 22.6. The molecule has 1 aromatic rings. The van der Waals surface area contributed by atoms with Crippen molar-refractivity contribution in [1.82, 2.24) is 0 Å². The molecular weight excluding hydrogens is 234 g/mol. The highest BCUT2D eigenvalue weighted by molar-refractivity contribution is 5.57. The predicted octanol–water partition coefficient (Wildman–Crippen LogP) is 3.68. The first-order chi connectivity index (χ1) is 8.94. The third-order valence-electron chi connectivity index (χ3n) is 4.47. The Morgan fingerprint density at radius 1 is 1.32 bits per heavy atom. The second-order valence-corrected chi connectivity index (χ2v) is 6.63. The first-order valence-electron chi connectivity index (χ1n) is 7.40. The summed E-state index contributed by atoms with van der Waals surface area (Å²) in [4.78, 5) is 2.56. The van der Waals surface area contributed by atoms with Crippen LogP contribution < -0.4 is 4.90 Å². The molecule has 0 aromatic heterocycles. The Labute approximate surface area is 117 Å². The summed E-state index contributed by atoms with van der Waals surface area (Å²) >= 11 is 0. The maximum absolute atomic E-state index is 9.14. The van der Waals surface area contributed by atoms with Crippen molar-refractivity contribution in [1.29, 1.82) is 0 Å². The molecule has 2 heteroatoms. The molecule has 1 aliphatic rings. The second kappa shape index (κ2) is 5.54. The molecule has 1 aromatic carbocycles. The van der Waals surface area contributed by atoms with Crippen molar-refractivity contribution in [2.75, 3.05) is 18.1 Å². The number of aryl methyl sites for hydroxylation is 2. The van der Waals surface area contributed by atoms with Gasteiger partial charge in [0.1, 0.15) is 0 Å². The molecule has 19 heavy (non-hydrogen) atoms. The van der Waals surface area contributed by atoms with Gasteiger partial charge in [0.05, 0.1) is 0 Å². The fourth-order valence-electron chi connectivity index (χ4n) is 3.42. The summed E-state index contributed by atoms with van der Waals surface area (Å²) in [7, 11) is 0. The number of rotatable bonds is 3. The van der Waals surface area contributed by atoms with Gasteiger partial charge in [-0.2, -0.15) is 0 Å². The van der Waals surface area contributed by atoms with E-state index < -0.39 is 0 Å². The zero-order chi connectivity index (χ0) is 14.0. The van der Waals surface area contributed by atoms with Gasteiger partial charge in [0, 0.05) is 24.4 Å². The summed E-state index contributed by atoms with van der Waals surface area (Å²) in [6, 6.07) is 6.72. The zero-order valence-electron chi connectivity index (χ0n) is 12.7. The lowest BCUT2D eigenvalue weighted by atomic mass is 9.80. The highest BCUT2D eigenvalue weighted by Crippen LogP contribution is 2.38. The van der Waals surface area contributed by atoms with Crippen molar-refractivity contribution in [3.05, 3.63) is 29.3 Å². The average Bonchev–Trinajstić information content (AvgIpc) is 2.32. The first kappa shape index (κ1) is 14.4. The van der Waals surface area contributed by atoms with Gasteiger partial charge in [0.2, 0.25) is 0 Å². The number of piperidine rings is 1. The quantitative estimate of drug-likeness (QED) is 0.897. The fourth-order valence-corrected chi connectivity index (χ4v) is 3.42. The van der Waals surface area contributed by atoms with Crippen LogP contribution in [-0.4, -0.2) is 23.8 Å². The van der Waals surface area contributed by atoms with Gasteiger partial charge >= 0.3 is 0 Å². The van der Waals surface area contributed by atoms with E-state index in [2.05, 4.69) is 50.8 Å². The van der Waals surface area contributed by atoms with Crippen molar-refractivity contribution >= 4 is 5.69 Å². The van der Waals surface area contributed by atoms with Crippen molar-refractivity contribution in [3.8, 4) is 0 Å². The van der Waals surface area contributed by atoms with E-state index in [0.717, 1.165) is 13.0 Å². The smallest absolute Gasteiger partial charge is 0.0433 e. The minimum atomic E-state index is 0.177. The lowest BCUT2D eigenvalue weighted by Gasteiger charge is -2.48. The predicted molar refractivity (Wildman–Crippen MR) is 81.8 cm³/mol. The molecule has 1 aliphatic heterocycles. The van der Waals surface area contributed by atoms with Gasteiger partial charge in [-0.1, -0.05) is 12.1 Å². The number of nitrogens with zero attached hydrogens (tertiary/aromatic N) is 1. The molecule has 0 saturated carbocycles. The second-order valence-electron chi connectivity index (χ2n) is 6.63. The molecule has 1 heterocycles. The van der Waals surface area contributed by atoms with Crippen molar-refractivity contribution in [2.24, 2.45) is 5.92 Å². The number of aliphatic hydroxyl groups excluding tert-OH is 1. The van der Waals surface area contributed by atoms with E-state index in [4.69, 9.17) is 5.11 Å². The summed E-state index contributed by atoms with van der Waals surface area (Å²) in [5.41, 5.74) is 4.25. The van der Waals surface area contributed by atoms with E-state index in [9.17, 15) is 0 Å². The molecule has 0 bridgehead atoms. The summed E-state index contributed by atoms with van der Waals surface area (Å²) in [6.45, 7) is 10.4. The third kappa shape index (κ3) is 3.11. The van der Waals surface area contributed by atoms with Gasteiger partial charge in [-0.3, -0.25) is 0 Å². The van der Waals surface area contributed by atoms with Crippen LogP contribution in [0.2, 0.25) is 0 Å². The molecular formula is C17H27NO. The van der Waals surface area contributed by atoms with E-state index in [1.54, 1.807) is 0 Å². The van der Waals surface area contributed by atoms with Crippen LogP contribution in [0.4, 0.5) is 5.69 Å². The molecule has 0 radical (unpaired) electrons. The number of hydrogen-bond acceptors (Lipinski definition) is 2. The van der Waals surface area contributed by atoms with Crippen LogP contribution in [0.3, 0.4) is 0 Å². The molecule has 0 amide bonds. The standard InChI is InChI=1S/C17H27NO/c1-13-5-6-14(2)16(11-13)18-9-7-15(8-10-19)12-17(18,3)4/h5-6,11,15,19H,7-10,12H2,1-4H3. The minimum absolute atomic E-state index is 0.177. The molecule has 1 unspecified atom stereocenters. The van der Waals surface area contributed by atoms with Crippen LogP contribution in [0.25, 0.3) is 0 Å². The molecule has 106 valence electrons. The average molecular weight is 261 g/mol. The lowest BCUT2D eigenvalue weighted by molar-refractivity contribution is 0.205. The topological polar surface area (TPSA) is 23.5 Å². The summed E-state index contributed by atoms with van der Waals surface area (Å²) < 4.78 is 0. The summed E-state index contributed by atoms with van der Waals surface area (Å²) in [5, 5.41) is 9.14. The molecule has 2 rings (SSSR count). The van der Waals surface area contributed by atoms with E-state index in [0.29, 0.717) is 12.5 Å².